The molecule has 36 heavy (non-hydrogen) atoms. The quantitative estimate of drug-likeness (QED) is 0.374. The number of nitrogens with zero attached hydrogens (tertiary/aromatic N) is 3. The second-order valence-corrected chi connectivity index (χ2v) is 10.1. The Morgan fingerprint density at radius 2 is 1.72 bits per heavy atom. The first-order chi connectivity index (χ1) is 16.9. The zero-order valence-corrected chi connectivity index (χ0v) is 21.6. The van der Waals surface area contributed by atoms with Crippen LogP contribution in [0.4, 0.5) is 5.69 Å². The predicted octanol–water partition coefficient (Wildman–Crippen LogP) is 5.50. The van der Waals surface area contributed by atoms with E-state index in [1.165, 1.54) is 11.0 Å². The molecule has 2 aliphatic rings. The van der Waals surface area contributed by atoms with E-state index in [1.807, 2.05) is 54.2 Å². The summed E-state index contributed by atoms with van der Waals surface area (Å²) in [5.74, 6) is -0.327. The highest BCUT2D eigenvalue weighted by Gasteiger charge is 2.39. The van der Waals surface area contributed by atoms with Gasteiger partial charge in [-0.3, -0.25) is 9.59 Å². The molecule has 7 heteroatoms. The average molecular weight is 503 g/mol. The summed E-state index contributed by atoms with van der Waals surface area (Å²) in [6.07, 6.45) is 6.40. The number of amides is 2. The second kappa shape index (κ2) is 8.95. The molecule has 1 atom stereocenters. The minimum absolute atomic E-state index is 0. The van der Waals surface area contributed by atoms with Crippen LogP contribution in [-0.2, 0) is 29.6 Å². The summed E-state index contributed by atoms with van der Waals surface area (Å²) < 4.78 is 4.29. The van der Waals surface area contributed by atoms with Crippen LogP contribution in [0.15, 0.2) is 54.7 Å². The number of nitrogens with two attached hydrogens (primary N) is 1. The Bertz CT molecular complexity index is 1560. The molecule has 6 rings (SSSR count). The summed E-state index contributed by atoms with van der Waals surface area (Å²) in [6.45, 7) is 5.09. The van der Waals surface area contributed by atoms with Gasteiger partial charge in [-0.1, -0.05) is 44.2 Å². The summed E-state index contributed by atoms with van der Waals surface area (Å²) in [5, 5.41) is 1.91. The molecule has 0 fully saturated rings. The molecule has 0 saturated heterocycles. The maximum Gasteiger partial charge on any atom is 0.266 e. The van der Waals surface area contributed by atoms with Gasteiger partial charge in [0.15, 0.2) is 0 Å². The number of fused-ring (bicyclic) bond motifs is 4. The Balaban J connectivity index is 0.00000267. The van der Waals surface area contributed by atoms with E-state index in [0.29, 0.717) is 5.57 Å². The number of hydrogen-bond acceptors (Lipinski definition) is 3. The number of anilines is 1. The van der Waals surface area contributed by atoms with E-state index < -0.39 is 0 Å². The van der Waals surface area contributed by atoms with Gasteiger partial charge in [0, 0.05) is 59.5 Å². The lowest BCUT2D eigenvalue weighted by molar-refractivity contribution is -0.119. The Labute approximate surface area is 216 Å². The number of benzene rings is 2. The van der Waals surface area contributed by atoms with Gasteiger partial charge in [0.1, 0.15) is 0 Å². The van der Waals surface area contributed by atoms with E-state index >= 15 is 0 Å². The number of aryl methyl sites for hydroxylation is 2. The number of para-hydroxylation sites is 1. The largest absolute Gasteiger partial charge is 0.350 e. The Morgan fingerprint density at radius 3 is 2.50 bits per heavy atom. The van der Waals surface area contributed by atoms with Gasteiger partial charge in [0.05, 0.1) is 16.8 Å². The third-order valence-corrected chi connectivity index (χ3v) is 7.66. The third-order valence-electron chi connectivity index (χ3n) is 7.66. The monoisotopic (exact) mass is 502 g/mol. The summed E-state index contributed by atoms with van der Waals surface area (Å²) in [6, 6.07) is 14.0. The van der Waals surface area contributed by atoms with E-state index in [-0.39, 0.29) is 36.2 Å². The Morgan fingerprint density at radius 1 is 0.972 bits per heavy atom. The standard InChI is InChI=1S/C29H30N4O2.ClH/c1-17(2)27(30)19-10-8-13-23-26(19)28(24-12-6-7-14-32(23)24)33-25(34)15-20(29(33)35)21-16-31(3)22-11-5-4-9-18(21)22;/h4-5,8-11,13,15-17,27H,6-7,12,14,30H2,1-3H3;1H. The van der Waals surface area contributed by atoms with E-state index in [4.69, 9.17) is 5.73 Å². The molecule has 0 aliphatic carbocycles. The smallest absolute Gasteiger partial charge is 0.266 e. The summed E-state index contributed by atoms with van der Waals surface area (Å²) in [5.41, 5.74) is 12.8. The summed E-state index contributed by atoms with van der Waals surface area (Å²) in [4.78, 5) is 28.9. The van der Waals surface area contributed by atoms with Crippen LogP contribution in [0.3, 0.4) is 0 Å². The molecular formula is C29H31ClN4O2. The van der Waals surface area contributed by atoms with Crippen LogP contribution in [0.5, 0.6) is 0 Å². The molecule has 6 nitrogen and oxygen atoms in total. The highest BCUT2D eigenvalue weighted by atomic mass is 35.5. The maximum atomic E-state index is 14.0. The molecule has 0 spiro atoms. The highest BCUT2D eigenvalue weighted by Crippen LogP contribution is 2.44. The molecule has 2 aromatic carbocycles. The van der Waals surface area contributed by atoms with Gasteiger partial charge in [-0.05, 0) is 42.9 Å². The van der Waals surface area contributed by atoms with Crippen molar-refractivity contribution in [3.63, 3.8) is 0 Å². The fourth-order valence-electron chi connectivity index (χ4n) is 5.84. The number of aromatic nitrogens is 2. The number of halogens is 1. The van der Waals surface area contributed by atoms with Gasteiger partial charge < -0.3 is 14.9 Å². The molecule has 0 radical (unpaired) electrons. The van der Waals surface area contributed by atoms with Crippen LogP contribution in [0, 0.1) is 5.92 Å². The van der Waals surface area contributed by atoms with Crippen LogP contribution in [0.2, 0.25) is 0 Å². The number of rotatable bonds is 4. The number of carbonyl (C=O) groups excluding carboxylic acids is 2. The van der Waals surface area contributed by atoms with Crippen molar-refractivity contribution in [3.8, 4) is 0 Å². The van der Waals surface area contributed by atoms with Gasteiger partial charge in [-0.25, -0.2) is 4.90 Å². The molecular weight excluding hydrogens is 472 g/mol. The zero-order valence-electron chi connectivity index (χ0n) is 20.8. The first-order valence-electron chi connectivity index (χ1n) is 12.4. The molecule has 0 bridgehead atoms. The van der Waals surface area contributed by atoms with E-state index in [9.17, 15) is 9.59 Å². The van der Waals surface area contributed by atoms with Gasteiger partial charge in [-0.15, -0.1) is 12.4 Å². The number of carbonyl (C=O) groups is 2. The Kier molecular flexibility index (Phi) is 6.05. The lowest BCUT2D eigenvalue weighted by Crippen LogP contribution is -2.32. The molecule has 2 aliphatic heterocycles. The molecule has 2 N–H and O–H groups in total. The fourth-order valence-corrected chi connectivity index (χ4v) is 5.84. The molecule has 4 heterocycles. The minimum atomic E-state index is -0.285. The third kappa shape index (κ3) is 3.43. The molecule has 0 saturated carbocycles. The zero-order chi connectivity index (χ0) is 24.4. The van der Waals surface area contributed by atoms with Crippen LogP contribution in [-0.4, -0.2) is 20.9 Å². The van der Waals surface area contributed by atoms with Crippen LogP contribution < -0.4 is 10.6 Å². The van der Waals surface area contributed by atoms with Crippen molar-refractivity contribution in [2.75, 3.05) is 4.90 Å². The predicted molar refractivity (Wildman–Crippen MR) is 147 cm³/mol. The fraction of sp³-hybridized carbons (Fsp3) is 0.310. The van der Waals surface area contributed by atoms with E-state index in [1.54, 1.807) is 0 Å². The lowest BCUT2D eigenvalue weighted by atomic mass is 9.93. The van der Waals surface area contributed by atoms with Crippen molar-refractivity contribution in [1.29, 1.82) is 0 Å². The summed E-state index contributed by atoms with van der Waals surface area (Å²) in [7, 11) is 1.96. The summed E-state index contributed by atoms with van der Waals surface area (Å²) >= 11 is 0. The molecule has 1 unspecified atom stereocenters. The van der Waals surface area contributed by atoms with Crippen molar-refractivity contribution in [2.45, 2.75) is 45.7 Å². The van der Waals surface area contributed by atoms with Crippen LogP contribution >= 0.6 is 12.4 Å². The first-order valence-corrected chi connectivity index (χ1v) is 12.4. The molecule has 2 aromatic heterocycles. The number of imide groups is 1. The second-order valence-electron chi connectivity index (χ2n) is 10.1. The van der Waals surface area contributed by atoms with E-state index in [0.717, 1.165) is 70.1 Å². The number of hydrogen-bond donors (Lipinski definition) is 1. The Hall–Kier alpha value is -3.35. The van der Waals surface area contributed by atoms with Crippen LogP contribution in [0.1, 0.15) is 49.6 Å². The maximum absolute atomic E-state index is 14.0. The van der Waals surface area contributed by atoms with Crippen molar-refractivity contribution in [2.24, 2.45) is 18.7 Å². The normalized spacial score (nSPS) is 16.6. The van der Waals surface area contributed by atoms with Crippen molar-refractivity contribution < 1.29 is 9.59 Å². The van der Waals surface area contributed by atoms with Gasteiger partial charge in [0.25, 0.3) is 11.8 Å². The van der Waals surface area contributed by atoms with Crippen LogP contribution in [0.25, 0.3) is 27.4 Å². The van der Waals surface area contributed by atoms with Crippen molar-refractivity contribution in [3.05, 3.63) is 71.6 Å². The molecule has 2 amide bonds. The average Bonchev–Trinajstić information content (AvgIpc) is 3.47. The van der Waals surface area contributed by atoms with Gasteiger partial charge >= 0.3 is 0 Å². The van der Waals surface area contributed by atoms with Crippen molar-refractivity contribution in [1.82, 2.24) is 9.13 Å². The van der Waals surface area contributed by atoms with E-state index in [2.05, 4.69) is 24.5 Å². The highest BCUT2D eigenvalue weighted by molar-refractivity contribution is 6.45. The van der Waals surface area contributed by atoms with Gasteiger partial charge in [-0.2, -0.15) is 0 Å². The topological polar surface area (TPSA) is 73.3 Å². The lowest BCUT2D eigenvalue weighted by Gasteiger charge is -2.22. The SMILES string of the molecule is CC(C)C(N)c1cccc2c1c(N1C(=O)C=C(c3cn(C)c4ccccc34)C1=O)c1n2CCCC1.Cl. The first kappa shape index (κ1) is 24.3. The minimum Gasteiger partial charge on any atom is -0.350 e. The molecule has 4 aromatic rings. The van der Waals surface area contributed by atoms with Gasteiger partial charge in [0.2, 0.25) is 0 Å². The van der Waals surface area contributed by atoms with Crippen molar-refractivity contribution >= 4 is 57.3 Å². The molecule has 186 valence electrons.